The molecule has 0 saturated carbocycles. The summed E-state index contributed by atoms with van der Waals surface area (Å²) in [7, 11) is 0. The van der Waals surface area contributed by atoms with Gasteiger partial charge in [-0.25, -0.2) is 9.48 Å². The van der Waals surface area contributed by atoms with Crippen molar-refractivity contribution in [1.82, 2.24) is 20.0 Å². The highest BCUT2D eigenvalue weighted by molar-refractivity contribution is 5.74. The molecule has 0 aliphatic carbocycles. The quantitative estimate of drug-likeness (QED) is 0.709. The van der Waals surface area contributed by atoms with Gasteiger partial charge in [-0.15, -0.1) is 0 Å². The second-order valence-electron chi connectivity index (χ2n) is 7.71. The van der Waals surface area contributed by atoms with Crippen LogP contribution in [-0.2, 0) is 6.42 Å². The van der Waals surface area contributed by atoms with Crippen molar-refractivity contribution in [3.63, 3.8) is 0 Å². The molecule has 0 atom stereocenters. The van der Waals surface area contributed by atoms with Gasteiger partial charge in [0.25, 0.3) is 0 Å². The van der Waals surface area contributed by atoms with Gasteiger partial charge >= 0.3 is 6.03 Å². The summed E-state index contributed by atoms with van der Waals surface area (Å²) in [6, 6.07) is 20.5. The maximum atomic E-state index is 12.5. The van der Waals surface area contributed by atoms with Crippen molar-refractivity contribution >= 4 is 11.7 Å². The van der Waals surface area contributed by atoms with Crippen molar-refractivity contribution in [2.75, 3.05) is 37.6 Å². The number of hydrogen-bond acceptors (Lipinski definition) is 3. The molecule has 0 radical (unpaired) electrons. The van der Waals surface area contributed by atoms with Crippen molar-refractivity contribution in [1.29, 1.82) is 0 Å². The van der Waals surface area contributed by atoms with Crippen molar-refractivity contribution in [2.24, 2.45) is 0 Å². The summed E-state index contributed by atoms with van der Waals surface area (Å²) >= 11 is 0. The Balaban J connectivity index is 1.33. The molecule has 1 N–H and O–H groups in total. The number of aryl methyl sites for hydroxylation is 1. The molecule has 0 unspecified atom stereocenters. The van der Waals surface area contributed by atoms with Crippen LogP contribution < -0.4 is 10.2 Å². The second-order valence-corrected chi connectivity index (χ2v) is 7.71. The molecular weight excluding hydrogens is 374 g/mol. The first-order valence-electron chi connectivity index (χ1n) is 10.6. The number of urea groups is 1. The van der Waals surface area contributed by atoms with Crippen molar-refractivity contribution in [2.45, 2.75) is 20.3 Å². The number of nitrogens with zero attached hydrogens (tertiary/aromatic N) is 4. The number of nitrogens with one attached hydrogen (secondary N) is 1. The Kier molecular flexibility index (Phi) is 6.02. The van der Waals surface area contributed by atoms with Crippen LogP contribution in [0, 0.1) is 13.8 Å². The first-order valence-corrected chi connectivity index (χ1v) is 10.6. The number of amides is 2. The highest BCUT2D eigenvalue weighted by Gasteiger charge is 2.25. The fraction of sp³-hybridized carbons (Fsp3) is 0.333. The normalized spacial score (nSPS) is 14.1. The number of anilines is 1. The smallest absolute Gasteiger partial charge is 0.317 e. The third-order valence-electron chi connectivity index (χ3n) is 5.67. The summed E-state index contributed by atoms with van der Waals surface area (Å²) < 4.78 is 2.01. The van der Waals surface area contributed by atoms with Crippen LogP contribution in [0.5, 0.6) is 0 Å². The molecule has 4 rings (SSSR count). The highest BCUT2D eigenvalue weighted by atomic mass is 16.2. The van der Waals surface area contributed by atoms with Gasteiger partial charge in [-0.3, -0.25) is 0 Å². The minimum Gasteiger partial charge on any atom is -0.365 e. The van der Waals surface area contributed by atoms with E-state index in [9.17, 15) is 4.79 Å². The molecule has 156 valence electrons. The number of carbonyl (C=O) groups is 1. The molecule has 1 aliphatic rings. The molecule has 30 heavy (non-hydrogen) atoms. The topological polar surface area (TPSA) is 53.4 Å². The Morgan fingerprint density at radius 2 is 1.57 bits per heavy atom. The first kappa shape index (κ1) is 20.0. The van der Waals surface area contributed by atoms with Gasteiger partial charge in [0, 0.05) is 32.7 Å². The number of piperazine rings is 1. The average molecular weight is 404 g/mol. The zero-order valence-corrected chi connectivity index (χ0v) is 17.7. The van der Waals surface area contributed by atoms with E-state index in [1.807, 2.05) is 46.0 Å². The molecule has 2 aromatic carbocycles. The van der Waals surface area contributed by atoms with Crippen LogP contribution in [-0.4, -0.2) is 53.4 Å². The zero-order valence-electron chi connectivity index (χ0n) is 17.7. The molecule has 0 spiro atoms. The van der Waals surface area contributed by atoms with Crippen molar-refractivity contribution < 1.29 is 4.79 Å². The summed E-state index contributed by atoms with van der Waals surface area (Å²) in [5.41, 5.74) is 5.66. The summed E-state index contributed by atoms with van der Waals surface area (Å²) in [6.45, 7) is 7.89. The van der Waals surface area contributed by atoms with E-state index in [0.717, 1.165) is 36.6 Å². The lowest BCUT2D eigenvalue weighted by Gasteiger charge is -2.36. The number of para-hydroxylation sites is 1. The van der Waals surface area contributed by atoms with Crippen LogP contribution in [0.4, 0.5) is 10.5 Å². The van der Waals surface area contributed by atoms with Gasteiger partial charge in [-0.1, -0.05) is 48.5 Å². The Morgan fingerprint density at radius 1 is 0.933 bits per heavy atom. The standard InChI is InChI=1S/C24H29N5O/c1-19-23(20(2)29(26-19)22-11-7-4-8-12-22)27-15-17-28(18-16-27)24(30)25-14-13-21-9-5-3-6-10-21/h3-12H,13-18H2,1-2H3,(H,25,30). The Hall–Kier alpha value is -3.28. The minimum atomic E-state index is 0.0269. The van der Waals surface area contributed by atoms with E-state index in [4.69, 9.17) is 5.10 Å². The number of hydrogen-bond donors (Lipinski definition) is 1. The molecule has 2 amide bonds. The monoisotopic (exact) mass is 403 g/mol. The van der Waals surface area contributed by atoms with Crippen LogP contribution in [0.1, 0.15) is 17.0 Å². The number of aromatic nitrogens is 2. The van der Waals surface area contributed by atoms with Gasteiger partial charge in [-0.05, 0) is 38.0 Å². The highest BCUT2D eigenvalue weighted by Crippen LogP contribution is 2.27. The molecular formula is C24H29N5O. The molecule has 6 heteroatoms. The van der Waals surface area contributed by atoms with Crippen LogP contribution in [0.25, 0.3) is 5.69 Å². The Labute approximate surface area is 178 Å². The van der Waals surface area contributed by atoms with Gasteiger partial charge in [0.05, 0.1) is 22.8 Å². The first-order chi connectivity index (χ1) is 14.6. The van der Waals surface area contributed by atoms with E-state index >= 15 is 0 Å². The van der Waals surface area contributed by atoms with E-state index in [1.165, 1.54) is 11.3 Å². The van der Waals surface area contributed by atoms with Crippen molar-refractivity contribution in [3.8, 4) is 5.69 Å². The van der Waals surface area contributed by atoms with Crippen molar-refractivity contribution in [3.05, 3.63) is 77.6 Å². The van der Waals surface area contributed by atoms with Gasteiger partial charge in [0.1, 0.15) is 0 Å². The van der Waals surface area contributed by atoms with Gasteiger partial charge < -0.3 is 15.1 Å². The Morgan fingerprint density at radius 3 is 2.23 bits per heavy atom. The SMILES string of the molecule is Cc1nn(-c2ccccc2)c(C)c1N1CCN(C(=O)NCCc2ccccc2)CC1. The third kappa shape index (κ3) is 4.32. The maximum Gasteiger partial charge on any atom is 0.317 e. The van der Waals surface area contributed by atoms with E-state index in [2.05, 4.69) is 48.3 Å². The zero-order chi connectivity index (χ0) is 20.9. The second kappa shape index (κ2) is 9.03. The van der Waals surface area contributed by atoms with E-state index < -0.39 is 0 Å². The fourth-order valence-electron chi connectivity index (χ4n) is 4.12. The molecule has 1 aliphatic heterocycles. The lowest BCUT2D eigenvalue weighted by atomic mass is 10.1. The van der Waals surface area contributed by atoms with Crippen LogP contribution in [0.15, 0.2) is 60.7 Å². The molecule has 3 aromatic rings. The summed E-state index contributed by atoms with van der Waals surface area (Å²) in [5.74, 6) is 0. The predicted octanol–water partition coefficient (Wildman–Crippen LogP) is 3.56. The number of carbonyl (C=O) groups excluding carboxylic acids is 1. The van der Waals surface area contributed by atoms with E-state index in [-0.39, 0.29) is 6.03 Å². The molecule has 2 heterocycles. The summed E-state index contributed by atoms with van der Waals surface area (Å²) in [6.07, 6.45) is 0.851. The molecule has 1 fully saturated rings. The van der Waals surface area contributed by atoms with E-state index in [0.29, 0.717) is 19.6 Å². The number of benzene rings is 2. The predicted molar refractivity (Wildman–Crippen MR) is 120 cm³/mol. The fourth-order valence-corrected chi connectivity index (χ4v) is 4.12. The Bertz CT molecular complexity index is 976. The number of rotatable bonds is 5. The van der Waals surface area contributed by atoms with E-state index in [1.54, 1.807) is 0 Å². The lowest BCUT2D eigenvalue weighted by Crippen LogP contribution is -2.52. The third-order valence-corrected chi connectivity index (χ3v) is 5.67. The van der Waals surface area contributed by atoms with Gasteiger partial charge in [-0.2, -0.15) is 5.10 Å². The molecule has 1 aromatic heterocycles. The van der Waals surface area contributed by atoms with Crippen LogP contribution in [0.2, 0.25) is 0 Å². The maximum absolute atomic E-state index is 12.5. The molecule has 6 nitrogen and oxygen atoms in total. The molecule has 0 bridgehead atoms. The van der Waals surface area contributed by atoms with Crippen LogP contribution >= 0.6 is 0 Å². The lowest BCUT2D eigenvalue weighted by molar-refractivity contribution is 0.194. The summed E-state index contributed by atoms with van der Waals surface area (Å²) in [4.78, 5) is 16.8. The van der Waals surface area contributed by atoms with Crippen LogP contribution in [0.3, 0.4) is 0 Å². The average Bonchev–Trinajstić information content (AvgIpc) is 3.09. The van der Waals surface area contributed by atoms with Gasteiger partial charge in [0.2, 0.25) is 0 Å². The largest absolute Gasteiger partial charge is 0.365 e. The summed E-state index contributed by atoms with van der Waals surface area (Å²) in [5, 5.41) is 7.82. The molecule has 1 saturated heterocycles. The minimum absolute atomic E-state index is 0.0269. The van der Waals surface area contributed by atoms with Gasteiger partial charge in [0.15, 0.2) is 0 Å².